The average Bonchev–Trinajstić information content (AvgIpc) is 2.82. The summed E-state index contributed by atoms with van der Waals surface area (Å²) in [4.78, 5) is 19.9. The predicted octanol–water partition coefficient (Wildman–Crippen LogP) is 0.119. The van der Waals surface area contributed by atoms with Crippen molar-refractivity contribution >= 4 is 28.7 Å². The molecular formula is C11H17N7O. The van der Waals surface area contributed by atoms with Crippen LogP contribution >= 0.6 is 0 Å². The Morgan fingerprint density at radius 1 is 1.47 bits per heavy atom. The number of fused-ring (bicyclic) bond motifs is 1. The fraction of sp³-hybridized carbons (Fsp3) is 0.455. The molecule has 0 saturated heterocycles. The number of amides is 1. The van der Waals surface area contributed by atoms with E-state index >= 15 is 0 Å². The van der Waals surface area contributed by atoms with Gasteiger partial charge in [-0.3, -0.25) is 9.89 Å². The standard InChI is InChI=1S/C11H17N7O/c1-11(2,9(19)13-3)5-14-7-6-4-15-18-8(6)17-10(12)16-7/h4H,5H2,1-3H3,(H,13,19)(H4,12,14,15,16,17,18). The van der Waals surface area contributed by atoms with Gasteiger partial charge >= 0.3 is 0 Å². The summed E-state index contributed by atoms with van der Waals surface area (Å²) in [6, 6.07) is 0. The van der Waals surface area contributed by atoms with E-state index in [9.17, 15) is 4.79 Å². The van der Waals surface area contributed by atoms with Gasteiger partial charge in [0.1, 0.15) is 5.82 Å². The van der Waals surface area contributed by atoms with Gasteiger partial charge in [-0.2, -0.15) is 15.1 Å². The topological polar surface area (TPSA) is 122 Å². The first-order valence-corrected chi connectivity index (χ1v) is 5.86. The monoisotopic (exact) mass is 263 g/mol. The fourth-order valence-electron chi connectivity index (χ4n) is 1.71. The number of nitrogen functional groups attached to an aromatic ring is 1. The summed E-state index contributed by atoms with van der Waals surface area (Å²) in [5, 5.41) is 13.1. The predicted molar refractivity (Wildman–Crippen MR) is 72.4 cm³/mol. The molecule has 8 nitrogen and oxygen atoms in total. The summed E-state index contributed by atoms with van der Waals surface area (Å²) in [6.07, 6.45) is 1.62. The SMILES string of the molecule is CNC(=O)C(C)(C)CNc1nc(N)nc2[nH]ncc12. The number of nitrogens with zero attached hydrogens (tertiary/aromatic N) is 3. The van der Waals surface area contributed by atoms with Crippen LogP contribution in [0.5, 0.6) is 0 Å². The molecule has 0 spiro atoms. The largest absolute Gasteiger partial charge is 0.368 e. The van der Waals surface area contributed by atoms with Crippen molar-refractivity contribution < 1.29 is 4.79 Å². The van der Waals surface area contributed by atoms with E-state index < -0.39 is 5.41 Å². The van der Waals surface area contributed by atoms with E-state index in [1.807, 2.05) is 13.8 Å². The number of aromatic amines is 1. The van der Waals surface area contributed by atoms with E-state index in [4.69, 9.17) is 5.73 Å². The van der Waals surface area contributed by atoms with Crippen LogP contribution in [0, 0.1) is 5.41 Å². The zero-order valence-corrected chi connectivity index (χ0v) is 11.1. The zero-order valence-electron chi connectivity index (χ0n) is 11.1. The minimum Gasteiger partial charge on any atom is -0.368 e. The molecular weight excluding hydrogens is 246 g/mol. The van der Waals surface area contributed by atoms with Crippen molar-refractivity contribution in [3.05, 3.63) is 6.20 Å². The van der Waals surface area contributed by atoms with E-state index in [1.165, 1.54) is 0 Å². The van der Waals surface area contributed by atoms with Gasteiger partial charge in [0.05, 0.1) is 17.0 Å². The molecule has 0 saturated carbocycles. The third-order valence-corrected chi connectivity index (χ3v) is 2.87. The number of carbonyl (C=O) groups is 1. The van der Waals surface area contributed by atoms with E-state index in [0.29, 0.717) is 18.0 Å². The quantitative estimate of drug-likeness (QED) is 0.621. The van der Waals surface area contributed by atoms with Gasteiger partial charge in [0.2, 0.25) is 11.9 Å². The summed E-state index contributed by atoms with van der Waals surface area (Å²) in [6.45, 7) is 4.11. The maximum absolute atomic E-state index is 11.7. The molecule has 0 aliphatic rings. The third kappa shape index (κ3) is 2.56. The Labute approximate surface area is 110 Å². The highest BCUT2D eigenvalue weighted by molar-refractivity contribution is 5.87. The van der Waals surface area contributed by atoms with Gasteiger partial charge in [-0.25, -0.2) is 0 Å². The second kappa shape index (κ2) is 4.71. The number of anilines is 2. The minimum absolute atomic E-state index is 0.0505. The summed E-state index contributed by atoms with van der Waals surface area (Å²) >= 11 is 0. The number of H-pyrrole nitrogens is 1. The lowest BCUT2D eigenvalue weighted by atomic mass is 9.92. The number of hydrogen-bond acceptors (Lipinski definition) is 6. The molecule has 0 aliphatic carbocycles. The van der Waals surface area contributed by atoms with Crippen LogP contribution in [-0.2, 0) is 4.79 Å². The van der Waals surface area contributed by atoms with Crippen LogP contribution in [0.3, 0.4) is 0 Å². The molecule has 0 aliphatic heterocycles. The lowest BCUT2D eigenvalue weighted by Gasteiger charge is -2.23. The summed E-state index contributed by atoms with van der Waals surface area (Å²) in [7, 11) is 1.61. The molecule has 0 bridgehead atoms. The van der Waals surface area contributed by atoms with Crippen LogP contribution in [0.25, 0.3) is 11.0 Å². The summed E-state index contributed by atoms with van der Waals surface area (Å²) in [5.41, 5.74) is 5.62. The molecule has 0 radical (unpaired) electrons. The first kappa shape index (κ1) is 13.1. The van der Waals surface area contributed by atoms with Crippen molar-refractivity contribution in [2.45, 2.75) is 13.8 Å². The van der Waals surface area contributed by atoms with Gasteiger partial charge in [0.15, 0.2) is 5.65 Å². The molecule has 0 aromatic carbocycles. The highest BCUT2D eigenvalue weighted by atomic mass is 16.2. The first-order chi connectivity index (χ1) is 8.94. The van der Waals surface area contributed by atoms with Gasteiger partial charge < -0.3 is 16.4 Å². The first-order valence-electron chi connectivity index (χ1n) is 5.86. The highest BCUT2D eigenvalue weighted by Gasteiger charge is 2.26. The molecule has 0 atom stereocenters. The van der Waals surface area contributed by atoms with Crippen LogP contribution in [0.2, 0.25) is 0 Å². The van der Waals surface area contributed by atoms with Crippen LogP contribution in [0.15, 0.2) is 6.20 Å². The Morgan fingerprint density at radius 2 is 2.21 bits per heavy atom. The normalized spacial score (nSPS) is 11.5. The number of aromatic nitrogens is 4. The lowest BCUT2D eigenvalue weighted by molar-refractivity contribution is -0.128. The Balaban J connectivity index is 2.22. The number of carbonyl (C=O) groups excluding carboxylic acids is 1. The van der Waals surface area contributed by atoms with Crippen molar-refractivity contribution in [2.24, 2.45) is 5.41 Å². The molecule has 1 amide bonds. The number of rotatable bonds is 4. The van der Waals surface area contributed by atoms with Crippen molar-refractivity contribution in [1.82, 2.24) is 25.5 Å². The van der Waals surface area contributed by atoms with Crippen LogP contribution in [0.4, 0.5) is 11.8 Å². The Bertz CT molecular complexity index is 604. The maximum atomic E-state index is 11.7. The van der Waals surface area contributed by atoms with E-state index in [-0.39, 0.29) is 11.9 Å². The van der Waals surface area contributed by atoms with Crippen molar-refractivity contribution in [2.75, 3.05) is 24.6 Å². The number of nitrogens with one attached hydrogen (secondary N) is 3. The maximum Gasteiger partial charge on any atom is 0.227 e. The van der Waals surface area contributed by atoms with Gasteiger partial charge in [-0.1, -0.05) is 0 Å². The smallest absolute Gasteiger partial charge is 0.227 e. The Morgan fingerprint density at radius 3 is 2.89 bits per heavy atom. The van der Waals surface area contributed by atoms with E-state index in [0.717, 1.165) is 5.39 Å². The molecule has 19 heavy (non-hydrogen) atoms. The van der Waals surface area contributed by atoms with E-state index in [2.05, 4.69) is 30.8 Å². The lowest BCUT2D eigenvalue weighted by Crippen LogP contribution is -2.39. The third-order valence-electron chi connectivity index (χ3n) is 2.87. The molecule has 2 heterocycles. The highest BCUT2D eigenvalue weighted by Crippen LogP contribution is 2.21. The molecule has 0 fully saturated rings. The molecule has 2 rings (SSSR count). The molecule has 5 N–H and O–H groups in total. The zero-order chi connectivity index (χ0) is 14.0. The van der Waals surface area contributed by atoms with E-state index in [1.54, 1.807) is 13.2 Å². The number of nitrogens with two attached hydrogens (primary N) is 1. The minimum atomic E-state index is -0.565. The van der Waals surface area contributed by atoms with Gasteiger partial charge in [-0.05, 0) is 13.8 Å². The van der Waals surface area contributed by atoms with Crippen molar-refractivity contribution in [3.8, 4) is 0 Å². The summed E-state index contributed by atoms with van der Waals surface area (Å²) in [5.74, 6) is 0.663. The molecule has 8 heteroatoms. The fourth-order valence-corrected chi connectivity index (χ4v) is 1.71. The van der Waals surface area contributed by atoms with Crippen LogP contribution < -0.4 is 16.4 Å². The number of hydrogen-bond donors (Lipinski definition) is 4. The summed E-state index contributed by atoms with van der Waals surface area (Å²) < 4.78 is 0. The second-order valence-electron chi connectivity index (χ2n) is 4.88. The molecule has 102 valence electrons. The van der Waals surface area contributed by atoms with Crippen LogP contribution in [-0.4, -0.2) is 39.7 Å². The van der Waals surface area contributed by atoms with Crippen LogP contribution in [0.1, 0.15) is 13.8 Å². The average molecular weight is 263 g/mol. The van der Waals surface area contributed by atoms with Gasteiger partial charge in [0, 0.05) is 13.6 Å². The Kier molecular flexibility index (Phi) is 3.24. The van der Waals surface area contributed by atoms with Gasteiger partial charge in [-0.15, -0.1) is 0 Å². The Hall–Kier alpha value is -2.38. The second-order valence-corrected chi connectivity index (χ2v) is 4.88. The van der Waals surface area contributed by atoms with Gasteiger partial charge in [0.25, 0.3) is 0 Å². The van der Waals surface area contributed by atoms with Crippen molar-refractivity contribution in [1.29, 1.82) is 0 Å². The molecule has 2 aromatic heterocycles. The molecule has 2 aromatic rings. The molecule has 0 unspecified atom stereocenters. The van der Waals surface area contributed by atoms with Crippen molar-refractivity contribution in [3.63, 3.8) is 0 Å².